The van der Waals surface area contributed by atoms with Gasteiger partial charge >= 0.3 is 0 Å². The number of nitrogen functional groups attached to an aromatic ring is 1. The van der Waals surface area contributed by atoms with Crippen molar-refractivity contribution in [3.8, 4) is 22.4 Å². The third-order valence-corrected chi connectivity index (χ3v) is 4.17. The summed E-state index contributed by atoms with van der Waals surface area (Å²) in [5.74, 6) is 0.705. The number of nitrogens with zero attached hydrogens (tertiary/aromatic N) is 2. The molecule has 3 aromatic rings. The monoisotopic (exact) mass is 337 g/mol. The van der Waals surface area contributed by atoms with Crippen molar-refractivity contribution < 1.29 is 5.11 Å². The Hall–Kier alpha value is -2.86. The number of nitrogens with one attached hydrogen (secondary N) is 2. The molecule has 0 aliphatic rings. The highest BCUT2D eigenvalue weighted by atomic mass is 16.3. The molecule has 0 spiro atoms. The van der Waals surface area contributed by atoms with Gasteiger partial charge in [0.15, 0.2) is 0 Å². The summed E-state index contributed by atoms with van der Waals surface area (Å²) in [6.45, 7) is 5.96. The molecule has 1 aromatic carbocycles. The first-order chi connectivity index (χ1) is 12.0. The molecule has 0 radical (unpaired) electrons. The van der Waals surface area contributed by atoms with E-state index in [1.54, 1.807) is 6.20 Å². The molecule has 0 fully saturated rings. The predicted molar refractivity (Wildman–Crippen MR) is 101 cm³/mol. The van der Waals surface area contributed by atoms with Crippen LogP contribution in [-0.2, 0) is 0 Å². The third-order valence-electron chi connectivity index (χ3n) is 4.17. The minimum Gasteiger partial charge on any atom is -0.399 e. The number of H-pyrrole nitrogens is 1. The van der Waals surface area contributed by atoms with Crippen molar-refractivity contribution in [2.75, 3.05) is 17.7 Å². The molecule has 0 aliphatic heterocycles. The summed E-state index contributed by atoms with van der Waals surface area (Å²) in [4.78, 5) is 4.69. The number of aliphatic hydroxyl groups excluding tert-OH is 1. The Morgan fingerprint density at radius 2 is 2.00 bits per heavy atom. The number of hydrogen-bond donors (Lipinski definition) is 4. The maximum atomic E-state index is 9.34. The van der Waals surface area contributed by atoms with Crippen LogP contribution in [0.4, 0.5) is 11.5 Å². The molecule has 2 heterocycles. The van der Waals surface area contributed by atoms with Crippen molar-refractivity contribution in [1.82, 2.24) is 15.2 Å². The Morgan fingerprint density at radius 1 is 1.20 bits per heavy atom. The number of aromatic amines is 1. The van der Waals surface area contributed by atoms with Crippen molar-refractivity contribution >= 4 is 11.5 Å². The number of benzene rings is 1. The molecule has 6 heteroatoms. The summed E-state index contributed by atoms with van der Waals surface area (Å²) < 4.78 is 0. The molecule has 6 nitrogen and oxygen atoms in total. The van der Waals surface area contributed by atoms with E-state index in [1.807, 2.05) is 44.2 Å². The van der Waals surface area contributed by atoms with Crippen LogP contribution in [0.25, 0.3) is 22.4 Å². The summed E-state index contributed by atoms with van der Waals surface area (Å²) in [6, 6.07) is 9.80. The van der Waals surface area contributed by atoms with Gasteiger partial charge in [0.05, 0.1) is 18.5 Å². The minimum atomic E-state index is -0.0945. The Labute approximate surface area is 147 Å². The lowest BCUT2D eigenvalue weighted by Crippen LogP contribution is -2.20. The smallest absolute Gasteiger partial charge is 0.127 e. The zero-order valence-corrected chi connectivity index (χ0v) is 14.7. The van der Waals surface area contributed by atoms with Gasteiger partial charge in [-0.2, -0.15) is 5.10 Å². The summed E-state index contributed by atoms with van der Waals surface area (Å²) in [7, 11) is 0. The molecule has 0 aliphatic carbocycles. The summed E-state index contributed by atoms with van der Waals surface area (Å²) in [5, 5.41) is 19.6. The number of hydrogen-bond acceptors (Lipinski definition) is 5. The van der Waals surface area contributed by atoms with Crippen LogP contribution < -0.4 is 11.1 Å². The van der Waals surface area contributed by atoms with Gasteiger partial charge in [0.2, 0.25) is 0 Å². The first-order valence-corrected chi connectivity index (χ1v) is 8.24. The normalized spacial score (nSPS) is 12.2. The van der Waals surface area contributed by atoms with Gasteiger partial charge < -0.3 is 16.2 Å². The summed E-state index contributed by atoms with van der Waals surface area (Å²) in [6.07, 6.45) is 1.77. The van der Waals surface area contributed by atoms with Gasteiger partial charge in [-0.25, -0.2) is 4.98 Å². The van der Waals surface area contributed by atoms with Gasteiger partial charge in [0, 0.05) is 23.0 Å². The van der Waals surface area contributed by atoms with Gasteiger partial charge in [-0.05, 0) is 61.7 Å². The van der Waals surface area contributed by atoms with Gasteiger partial charge in [0.25, 0.3) is 0 Å². The van der Waals surface area contributed by atoms with E-state index >= 15 is 0 Å². The van der Waals surface area contributed by atoms with E-state index in [1.165, 1.54) is 0 Å². The van der Waals surface area contributed by atoms with E-state index in [9.17, 15) is 5.11 Å². The van der Waals surface area contributed by atoms with Crippen LogP contribution in [0.15, 0.2) is 36.5 Å². The zero-order valence-electron chi connectivity index (χ0n) is 14.7. The average molecular weight is 337 g/mol. The highest BCUT2D eigenvalue weighted by Crippen LogP contribution is 2.31. The zero-order chi connectivity index (χ0) is 18.0. The van der Waals surface area contributed by atoms with Gasteiger partial charge in [-0.1, -0.05) is 6.07 Å². The Morgan fingerprint density at radius 3 is 2.68 bits per heavy atom. The largest absolute Gasteiger partial charge is 0.399 e. The Kier molecular flexibility index (Phi) is 4.72. The van der Waals surface area contributed by atoms with Gasteiger partial charge in [-0.3, -0.25) is 5.10 Å². The lowest BCUT2D eigenvalue weighted by atomic mass is 9.98. The lowest BCUT2D eigenvalue weighted by Gasteiger charge is -2.15. The molecule has 0 saturated carbocycles. The fraction of sp³-hybridized carbons (Fsp3) is 0.263. The molecule has 25 heavy (non-hydrogen) atoms. The van der Waals surface area contributed by atoms with Gasteiger partial charge in [-0.15, -0.1) is 0 Å². The molecule has 3 rings (SSSR count). The molecule has 2 aromatic heterocycles. The van der Waals surface area contributed by atoms with E-state index in [0.29, 0.717) is 5.82 Å². The molecule has 0 bridgehead atoms. The van der Waals surface area contributed by atoms with E-state index in [4.69, 9.17) is 5.73 Å². The molecule has 5 N–H and O–H groups in total. The van der Waals surface area contributed by atoms with Crippen LogP contribution in [-0.4, -0.2) is 32.9 Å². The highest BCUT2D eigenvalue weighted by Gasteiger charge is 2.13. The quantitative estimate of drug-likeness (QED) is 0.536. The standard InChI is InChI=1S/C19H23N5O/c1-11-4-5-15(20)8-16(11)14-6-18(17-9-21-24-13(17)3)23-19(7-14)22-12(2)10-25/h4-9,12,25H,10,20H2,1-3H3,(H,21,24)(H,22,23)/t12-/m1/s1. The number of anilines is 2. The molecule has 130 valence electrons. The first-order valence-electron chi connectivity index (χ1n) is 8.24. The predicted octanol–water partition coefficient (Wildman–Crippen LogP) is 3.13. The van der Waals surface area contributed by atoms with Crippen LogP contribution in [0.2, 0.25) is 0 Å². The van der Waals surface area contributed by atoms with Crippen molar-refractivity contribution in [3.05, 3.63) is 47.8 Å². The topological polar surface area (TPSA) is 99.8 Å². The van der Waals surface area contributed by atoms with Crippen molar-refractivity contribution in [2.24, 2.45) is 0 Å². The van der Waals surface area contributed by atoms with Crippen LogP contribution in [0.5, 0.6) is 0 Å². The van der Waals surface area contributed by atoms with Gasteiger partial charge in [0.1, 0.15) is 5.82 Å². The molecule has 0 saturated heterocycles. The maximum Gasteiger partial charge on any atom is 0.127 e. The first kappa shape index (κ1) is 17.0. The minimum absolute atomic E-state index is 0.0310. The van der Waals surface area contributed by atoms with Crippen LogP contribution >= 0.6 is 0 Å². The molecule has 1 atom stereocenters. The SMILES string of the molecule is Cc1ccc(N)cc1-c1cc(N[C@H](C)CO)nc(-c2cn[nH]c2C)c1. The average Bonchev–Trinajstić information content (AvgIpc) is 3.02. The van der Waals surface area contributed by atoms with Crippen molar-refractivity contribution in [2.45, 2.75) is 26.8 Å². The number of pyridine rings is 1. The van der Waals surface area contributed by atoms with E-state index in [-0.39, 0.29) is 12.6 Å². The molecule has 0 unspecified atom stereocenters. The third kappa shape index (κ3) is 3.64. The fourth-order valence-corrected chi connectivity index (χ4v) is 2.76. The fourth-order valence-electron chi connectivity index (χ4n) is 2.76. The second-order valence-electron chi connectivity index (χ2n) is 6.34. The van der Waals surface area contributed by atoms with Crippen molar-refractivity contribution in [1.29, 1.82) is 0 Å². The Bertz CT molecular complexity index is 887. The van der Waals surface area contributed by atoms with E-state index in [0.717, 1.165) is 39.3 Å². The van der Waals surface area contributed by atoms with Crippen LogP contribution in [0.1, 0.15) is 18.2 Å². The second kappa shape index (κ2) is 6.94. The van der Waals surface area contributed by atoms with Crippen molar-refractivity contribution in [3.63, 3.8) is 0 Å². The Balaban J connectivity index is 2.15. The summed E-state index contributed by atoms with van der Waals surface area (Å²) >= 11 is 0. The second-order valence-corrected chi connectivity index (χ2v) is 6.34. The van der Waals surface area contributed by atoms with Crippen LogP contribution in [0.3, 0.4) is 0 Å². The lowest BCUT2D eigenvalue weighted by molar-refractivity contribution is 0.281. The molecular weight excluding hydrogens is 314 g/mol. The van der Waals surface area contributed by atoms with Crippen LogP contribution in [0, 0.1) is 13.8 Å². The number of nitrogens with two attached hydrogens (primary N) is 1. The summed E-state index contributed by atoms with van der Waals surface area (Å²) in [5.41, 5.74) is 12.6. The number of rotatable bonds is 5. The number of aromatic nitrogens is 3. The molecule has 0 amide bonds. The highest BCUT2D eigenvalue weighted by molar-refractivity contribution is 5.77. The maximum absolute atomic E-state index is 9.34. The number of aliphatic hydroxyl groups is 1. The van der Waals surface area contributed by atoms with E-state index < -0.39 is 0 Å². The number of aryl methyl sites for hydroxylation is 2. The molecular formula is C19H23N5O. The van der Waals surface area contributed by atoms with E-state index in [2.05, 4.69) is 27.4 Å².